The number of esters is 1. The second-order valence-electron chi connectivity index (χ2n) is 7.34. The highest BCUT2D eigenvalue weighted by molar-refractivity contribution is 6.00. The van der Waals surface area contributed by atoms with Crippen molar-refractivity contribution < 1.29 is 19.1 Å². The molecule has 1 aromatic rings. The van der Waals surface area contributed by atoms with Crippen molar-refractivity contribution in [3.8, 4) is 5.75 Å². The molecule has 0 spiro atoms. The van der Waals surface area contributed by atoms with Crippen molar-refractivity contribution in [2.24, 2.45) is 0 Å². The van der Waals surface area contributed by atoms with Crippen LogP contribution in [0.5, 0.6) is 5.75 Å². The quantitative estimate of drug-likeness (QED) is 0.409. The van der Waals surface area contributed by atoms with Crippen molar-refractivity contribution in [3.05, 3.63) is 28.8 Å². The van der Waals surface area contributed by atoms with Gasteiger partial charge in [-0.15, -0.1) is 0 Å². The second kappa shape index (κ2) is 10.3. The van der Waals surface area contributed by atoms with Crippen molar-refractivity contribution >= 4 is 11.8 Å². The lowest BCUT2D eigenvalue weighted by Gasteiger charge is -2.14. The average molecular weight is 360 g/mol. The lowest BCUT2D eigenvalue weighted by Crippen LogP contribution is -2.12. The molecular weight excluding hydrogens is 328 g/mol. The molecule has 144 valence electrons. The molecule has 0 fully saturated rings. The van der Waals surface area contributed by atoms with Crippen molar-refractivity contribution in [2.45, 2.75) is 84.7 Å². The second-order valence-corrected chi connectivity index (χ2v) is 7.34. The van der Waals surface area contributed by atoms with Crippen LogP contribution >= 0.6 is 0 Å². The molecule has 0 radical (unpaired) electrons. The summed E-state index contributed by atoms with van der Waals surface area (Å²) >= 11 is 0. The lowest BCUT2D eigenvalue weighted by molar-refractivity contribution is -0.147. The molecule has 0 heterocycles. The molecule has 0 unspecified atom stereocenters. The van der Waals surface area contributed by atoms with Gasteiger partial charge in [-0.3, -0.25) is 9.59 Å². The summed E-state index contributed by atoms with van der Waals surface area (Å²) in [5.74, 6) is 0.836. The van der Waals surface area contributed by atoms with E-state index in [0.717, 1.165) is 36.1 Å². The van der Waals surface area contributed by atoms with E-state index >= 15 is 0 Å². The monoisotopic (exact) mass is 360 g/mol. The minimum atomic E-state index is -0.187. The van der Waals surface area contributed by atoms with Gasteiger partial charge in [0.15, 0.2) is 5.78 Å². The van der Waals surface area contributed by atoms with Gasteiger partial charge in [0.25, 0.3) is 0 Å². The van der Waals surface area contributed by atoms with Crippen LogP contribution in [0.15, 0.2) is 12.1 Å². The predicted octanol–water partition coefficient (Wildman–Crippen LogP) is 5.05. The Balaban J connectivity index is 1.94. The molecule has 1 aliphatic carbocycles. The van der Waals surface area contributed by atoms with Crippen LogP contribution in [0.25, 0.3) is 0 Å². The number of ether oxygens (including phenoxy) is 2. The Kier molecular flexibility index (Phi) is 8.14. The zero-order chi connectivity index (χ0) is 18.9. The highest BCUT2D eigenvalue weighted by Crippen LogP contribution is 2.31. The number of rotatable bonds is 11. The third-order valence-electron chi connectivity index (χ3n) is 4.66. The highest BCUT2D eigenvalue weighted by Gasteiger charge is 2.22. The van der Waals surface area contributed by atoms with Crippen LogP contribution in [0.2, 0.25) is 0 Å². The van der Waals surface area contributed by atoms with Crippen LogP contribution in [0.4, 0.5) is 0 Å². The van der Waals surface area contributed by atoms with Gasteiger partial charge in [-0.25, -0.2) is 0 Å². The number of carbonyl (C=O) groups is 2. The third-order valence-corrected chi connectivity index (χ3v) is 4.66. The van der Waals surface area contributed by atoms with Gasteiger partial charge in [-0.05, 0) is 56.7 Å². The number of benzene rings is 1. The van der Waals surface area contributed by atoms with Crippen molar-refractivity contribution in [3.63, 3.8) is 0 Å². The van der Waals surface area contributed by atoms with Crippen molar-refractivity contribution in [1.82, 2.24) is 0 Å². The Hall–Kier alpha value is -1.84. The van der Waals surface area contributed by atoms with Gasteiger partial charge >= 0.3 is 5.97 Å². The predicted molar refractivity (Wildman–Crippen MR) is 103 cm³/mol. The fourth-order valence-electron chi connectivity index (χ4n) is 3.32. The molecule has 1 aromatic carbocycles. The van der Waals surface area contributed by atoms with Gasteiger partial charge in [0, 0.05) is 18.4 Å². The van der Waals surface area contributed by atoms with E-state index in [9.17, 15) is 9.59 Å². The summed E-state index contributed by atoms with van der Waals surface area (Å²) in [6.45, 7) is 6.36. The summed E-state index contributed by atoms with van der Waals surface area (Å²) < 4.78 is 11.1. The molecule has 0 amide bonds. The van der Waals surface area contributed by atoms with E-state index in [1.807, 2.05) is 19.9 Å². The van der Waals surface area contributed by atoms with Gasteiger partial charge in [-0.1, -0.05) is 32.3 Å². The normalized spacial score (nSPS) is 13.2. The smallest absolute Gasteiger partial charge is 0.306 e. The molecule has 0 bridgehead atoms. The first-order valence-corrected chi connectivity index (χ1v) is 10.0. The van der Waals surface area contributed by atoms with E-state index < -0.39 is 0 Å². The lowest BCUT2D eigenvalue weighted by atomic mass is 10.00. The Morgan fingerprint density at radius 3 is 2.65 bits per heavy atom. The number of unbranched alkanes of at least 4 members (excludes halogenated alkanes) is 3. The third kappa shape index (κ3) is 6.15. The largest absolute Gasteiger partial charge is 0.493 e. The molecule has 26 heavy (non-hydrogen) atoms. The molecule has 0 N–H and O–H groups in total. The number of aryl methyl sites for hydroxylation is 2. The molecule has 0 aromatic heterocycles. The fraction of sp³-hybridized carbons (Fsp3) is 0.636. The molecule has 0 atom stereocenters. The van der Waals surface area contributed by atoms with Gasteiger partial charge in [-0.2, -0.15) is 0 Å². The molecule has 0 saturated heterocycles. The number of hydrogen-bond donors (Lipinski definition) is 0. The summed E-state index contributed by atoms with van der Waals surface area (Å²) in [4.78, 5) is 23.6. The van der Waals surface area contributed by atoms with Gasteiger partial charge < -0.3 is 9.47 Å². The topological polar surface area (TPSA) is 52.6 Å². The van der Waals surface area contributed by atoms with Crippen LogP contribution in [0.3, 0.4) is 0 Å². The van der Waals surface area contributed by atoms with Crippen molar-refractivity contribution in [2.75, 3.05) is 6.61 Å². The van der Waals surface area contributed by atoms with E-state index in [1.54, 1.807) is 0 Å². The summed E-state index contributed by atoms with van der Waals surface area (Å²) in [6, 6.07) is 4.08. The molecule has 2 rings (SSSR count). The van der Waals surface area contributed by atoms with Gasteiger partial charge in [0.1, 0.15) is 5.75 Å². The molecule has 0 aliphatic heterocycles. The van der Waals surface area contributed by atoms with Crippen LogP contribution in [0.1, 0.15) is 87.2 Å². The summed E-state index contributed by atoms with van der Waals surface area (Å²) in [5.41, 5.74) is 3.17. The van der Waals surface area contributed by atoms with E-state index in [4.69, 9.17) is 9.47 Å². The van der Waals surface area contributed by atoms with Crippen LogP contribution in [0, 0.1) is 0 Å². The Morgan fingerprint density at radius 1 is 1.12 bits per heavy atom. The maximum Gasteiger partial charge on any atom is 0.306 e. The molecule has 4 heteroatoms. The van der Waals surface area contributed by atoms with E-state index in [0.29, 0.717) is 25.9 Å². The SMILES string of the molecule is CCCCCCc1cc2c(cc1OCCCC(=O)OC(C)C)C(=O)CC2. The minimum absolute atomic E-state index is 0.0825. The first-order valence-electron chi connectivity index (χ1n) is 10.0. The first-order chi connectivity index (χ1) is 12.5. The van der Waals surface area contributed by atoms with Crippen LogP contribution in [-0.4, -0.2) is 24.5 Å². The molecular formula is C22H32O4. The number of ketones is 1. The standard InChI is InChI=1S/C22H32O4/c1-4-5-6-7-9-18-14-17-11-12-20(23)19(17)15-21(18)25-13-8-10-22(24)26-16(2)3/h14-16H,4-13H2,1-3H3. The van der Waals surface area contributed by atoms with E-state index in [1.165, 1.54) is 24.8 Å². The Bertz CT molecular complexity index is 619. The zero-order valence-electron chi connectivity index (χ0n) is 16.4. The average Bonchev–Trinajstić information content (AvgIpc) is 2.95. The summed E-state index contributed by atoms with van der Waals surface area (Å²) in [6.07, 6.45) is 8.13. The molecule has 0 saturated carbocycles. The van der Waals surface area contributed by atoms with E-state index in [2.05, 4.69) is 13.0 Å². The molecule has 1 aliphatic rings. The number of Topliss-reactive ketones (excluding diaryl/α,β-unsaturated/α-hetero) is 1. The maximum atomic E-state index is 12.0. The Morgan fingerprint density at radius 2 is 1.92 bits per heavy atom. The fourth-order valence-corrected chi connectivity index (χ4v) is 3.32. The number of hydrogen-bond acceptors (Lipinski definition) is 4. The van der Waals surface area contributed by atoms with Crippen LogP contribution in [-0.2, 0) is 22.4 Å². The van der Waals surface area contributed by atoms with Gasteiger partial charge in [0.05, 0.1) is 12.7 Å². The van der Waals surface area contributed by atoms with Crippen molar-refractivity contribution in [1.29, 1.82) is 0 Å². The number of fused-ring (bicyclic) bond motifs is 1. The molecule has 4 nitrogen and oxygen atoms in total. The van der Waals surface area contributed by atoms with Crippen LogP contribution < -0.4 is 4.74 Å². The van der Waals surface area contributed by atoms with E-state index in [-0.39, 0.29) is 17.9 Å². The summed E-state index contributed by atoms with van der Waals surface area (Å²) in [5, 5.41) is 0. The Labute approximate surface area is 157 Å². The highest BCUT2D eigenvalue weighted by atomic mass is 16.5. The number of carbonyl (C=O) groups excluding carboxylic acids is 2. The maximum absolute atomic E-state index is 12.0. The zero-order valence-corrected chi connectivity index (χ0v) is 16.4. The first kappa shape index (κ1) is 20.5. The summed E-state index contributed by atoms with van der Waals surface area (Å²) in [7, 11) is 0. The minimum Gasteiger partial charge on any atom is -0.493 e. The van der Waals surface area contributed by atoms with Gasteiger partial charge in [0.2, 0.25) is 0 Å².